The molecule has 2 aliphatic rings. The Morgan fingerprint density at radius 1 is 0.861 bits per heavy atom. The first kappa shape index (κ1) is 29.0. The van der Waals surface area contributed by atoms with Crippen LogP contribution in [0.15, 0.2) is 48.5 Å². The zero-order valence-electron chi connectivity index (χ0n) is 22.5. The zero-order chi connectivity index (χ0) is 26.0. The van der Waals surface area contributed by atoms with Gasteiger partial charge in [0.15, 0.2) is 0 Å². The highest BCUT2D eigenvalue weighted by molar-refractivity contribution is 6.25. The van der Waals surface area contributed by atoms with Gasteiger partial charge < -0.3 is 4.90 Å². The van der Waals surface area contributed by atoms with E-state index in [0.29, 0.717) is 6.04 Å². The van der Waals surface area contributed by atoms with Gasteiger partial charge in [-0.05, 0) is 80.7 Å². The number of hydrogen-bond acceptors (Lipinski definition) is 2. The summed E-state index contributed by atoms with van der Waals surface area (Å²) in [5.74, 6) is 0. The fraction of sp³-hybridized carbons (Fsp3) is 0.594. The van der Waals surface area contributed by atoms with E-state index in [1.54, 1.807) is 6.07 Å². The lowest BCUT2D eigenvalue weighted by Gasteiger charge is -2.33. The van der Waals surface area contributed by atoms with E-state index in [1.165, 1.54) is 54.9 Å². The molecule has 1 unspecified atom stereocenters. The van der Waals surface area contributed by atoms with Gasteiger partial charge in [0.2, 0.25) is 0 Å². The second-order valence-electron chi connectivity index (χ2n) is 10.7. The summed E-state index contributed by atoms with van der Waals surface area (Å²) in [6.45, 7) is 8.31. The molecule has 2 saturated carbocycles. The Labute approximate surface area is 230 Å². The van der Waals surface area contributed by atoms with E-state index in [9.17, 15) is 0 Å². The molecule has 0 radical (unpaired) electrons. The molecule has 2 aliphatic carbocycles. The number of halogens is 2. The minimum Gasteiger partial charge on any atom is -0.301 e. The lowest BCUT2D eigenvalue weighted by Crippen LogP contribution is -2.35. The summed E-state index contributed by atoms with van der Waals surface area (Å²) < 4.78 is 0. The smallest absolute Gasteiger partial charge is 0.0697 e. The first-order chi connectivity index (χ1) is 17.4. The fourth-order valence-corrected chi connectivity index (χ4v) is 7.14. The average Bonchev–Trinajstić information content (AvgIpc) is 3.54. The van der Waals surface area contributed by atoms with E-state index in [2.05, 4.69) is 67.3 Å². The molecule has 0 aromatic heterocycles. The Hall–Kier alpha value is -1.53. The number of likely N-dealkylation sites (N-methyl/N-ethyl adjacent to an activating group) is 1. The van der Waals surface area contributed by atoms with Crippen molar-refractivity contribution in [3.05, 3.63) is 70.8 Å². The van der Waals surface area contributed by atoms with E-state index >= 15 is 0 Å². The molecule has 0 amide bonds. The number of benzene rings is 2. The van der Waals surface area contributed by atoms with Gasteiger partial charge in [0, 0.05) is 19.5 Å². The number of nitriles is 1. The van der Waals surface area contributed by atoms with Gasteiger partial charge in [-0.25, -0.2) is 0 Å². The summed E-state index contributed by atoms with van der Waals surface area (Å²) in [6, 6.07) is 20.0. The van der Waals surface area contributed by atoms with Crippen LogP contribution in [0.25, 0.3) is 0 Å². The van der Waals surface area contributed by atoms with Gasteiger partial charge >= 0.3 is 0 Å². The van der Waals surface area contributed by atoms with Crippen molar-refractivity contribution in [1.29, 1.82) is 5.26 Å². The molecule has 2 fully saturated rings. The van der Waals surface area contributed by atoms with E-state index in [-0.39, 0.29) is 9.75 Å². The van der Waals surface area contributed by atoms with E-state index in [1.807, 2.05) is 0 Å². The average molecular weight is 528 g/mol. The Kier molecular flexibility index (Phi) is 11.2. The molecule has 4 heteroatoms. The lowest BCUT2D eigenvalue weighted by molar-refractivity contribution is 0.212. The topological polar surface area (TPSA) is 27.0 Å². The second kappa shape index (κ2) is 13.9. The molecule has 0 heterocycles. The molecule has 0 saturated heterocycles. The quantitative estimate of drug-likeness (QED) is 0.288. The lowest BCUT2D eigenvalue weighted by atomic mass is 9.82. The molecule has 4 rings (SSSR count). The minimum atomic E-state index is -0.196. The van der Waals surface area contributed by atoms with Crippen LogP contribution in [0.4, 0.5) is 0 Å². The molecule has 196 valence electrons. The summed E-state index contributed by atoms with van der Waals surface area (Å²) in [5, 5.41) is 7.32. The van der Waals surface area contributed by atoms with Crippen LogP contribution in [0.2, 0.25) is 0 Å². The fourth-order valence-electron chi connectivity index (χ4n) is 6.25. The summed E-state index contributed by atoms with van der Waals surface area (Å²) in [7, 11) is 0. The Morgan fingerprint density at radius 2 is 1.36 bits per heavy atom. The van der Waals surface area contributed by atoms with Gasteiger partial charge in [-0.3, -0.25) is 0 Å². The molecule has 2 aromatic carbocycles. The predicted molar refractivity (Wildman–Crippen MR) is 155 cm³/mol. The molecule has 2 nitrogen and oxygen atoms in total. The summed E-state index contributed by atoms with van der Waals surface area (Å²) in [5.41, 5.74) is 5.65. The molecular formula is C32H44Cl2N2. The summed E-state index contributed by atoms with van der Waals surface area (Å²) >= 11 is 14.6. The normalized spacial score (nSPS) is 18.9. The second-order valence-corrected chi connectivity index (χ2v) is 12.1. The predicted octanol–water partition coefficient (Wildman–Crippen LogP) is 9.12. The third kappa shape index (κ3) is 7.28. The number of hydrogen-bond donors (Lipinski definition) is 0. The maximum Gasteiger partial charge on any atom is 0.0697 e. The third-order valence-corrected chi connectivity index (χ3v) is 9.47. The van der Waals surface area contributed by atoms with Crippen molar-refractivity contribution in [2.75, 3.05) is 13.1 Å². The van der Waals surface area contributed by atoms with Gasteiger partial charge in [0.25, 0.3) is 0 Å². The molecule has 0 bridgehead atoms. The van der Waals surface area contributed by atoms with Crippen molar-refractivity contribution >= 4 is 23.2 Å². The van der Waals surface area contributed by atoms with Crippen LogP contribution < -0.4 is 0 Å². The highest BCUT2D eigenvalue weighted by Crippen LogP contribution is 2.51. The van der Waals surface area contributed by atoms with Gasteiger partial charge in [-0.2, -0.15) is 5.26 Å². The summed E-state index contributed by atoms with van der Waals surface area (Å²) in [6.07, 6.45) is 12.6. The molecular weight excluding hydrogens is 483 g/mol. The molecule has 2 aromatic rings. The molecule has 0 aliphatic heterocycles. The van der Waals surface area contributed by atoms with Gasteiger partial charge in [0.05, 0.1) is 15.8 Å². The Bertz CT molecular complexity index is 929. The third-order valence-electron chi connectivity index (χ3n) is 8.31. The Morgan fingerprint density at radius 3 is 1.83 bits per heavy atom. The zero-order valence-corrected chi connectivity index (χ0v) is 24.1. The van der Waals surface area contributed by atoms with Crippen LogP contribution in [0.1, 0.15) is 101 Å². The van der Waals surface area contributed by atoms with Gasteiger partial charge in [-0.1, -0.05) is 81.1 Å². The van der Waals surface area contributed by atoms with Crippen molar-refractivity contribution in [2.45, 2.75) is 107 Å². The molecule has 0 N–H and O–H groups in total. The number of rotatable bonds is 10. The van der Waals surface area contributed by atoms with Gasteiger partial charge in [-0.15, -0.1) is 23.2 Å². The van der Waals surface area contributed by atoms with Crippen molar-refractivity contribution in [3.8, 4) is 6.07 Å². The van der Waals surface area contributed by atoms with E-state index in [4.69, 9.17) is 28.5 Å². The number of alkyl halides is 2. The number of nitrogens with zero attached hydrogens (tertiary/aromatic N) is 2. The van der Waals surface area contributed by atoms with Crippen molar-refractivity contribution < 1.29 is 0 Å². The highest BCUT2D eigenvalue weighted by Gasteiger charge is 2.40. The van der Waals surface area contributed by atoms with Crippen LogP contribution in [0.3, 0.4) is 0 Å². The Balaban J connectivity index is 0.00000115. The van der Waals surface area contributed by atoms with Crippen molar-refractivity contribution in [2.24, 2.45) is 0 Å². The van der Waals surface area contributed by atoms with Crippen molar-refractivity contribution in [1.82, 2.24) is 4.90 Å². The monoisotopic (exact) mass is 526 g/mol. The minimum absolute atomic E-state index is 0.196. The van der Waals surface area contributed by atoms with Crippen LogP contribution in [0.5, 0.6) is 0 Å². The first-order valence-electron chi connectivity index (χ1n) is 14.0. The van der Waals surface area contributed by atoms with E-state index in [0.717, 1.165) is 58.0 Å². The highest BCUT2D eigenvalue weighted by atomic mass is 35.5. The van der Waals surface area contributed by atoms with E-state index < -0.39 is 0 Å². The standard InChI is InChI=1S/C30H41Cl2N.C2H3N/c1-3-33(23-18-25-12-5-4-6-13-25)24(2)16-17-26-27(29(31)19-7-8-20-29)14-11-15-28(26)30(32)21-9-10-22-30;1-2-3/h4-6,11-15,24H,3,7-10,16-23H2,1-2H3;1H3. The summed E-state index contributed by atoms with van der Waals surface area (Å²) in [4.78, 5) is 2.24. The van der Waals surface area contributed by atoms with Crippen LogP contribution in [-0.4, -0.2) is 24.0 Å². The molecule has 36 heavy (non-hydrogen) atoms. The van der Waals surface area contributed by atoms with Crippen LogP contribution in [-0.2, 0) is 22.6 Å². The van der Waals surface area contributed by atoms with Crippen molar-refractivity contribution in [3.63, 3.8) is 0 Å². The first-order valence-corrected chi connectivity index (χ1v) is 14.7. The molecule has 1 atom stereocenters. The SMILES string of the molecule is CC#N.CCN(CCc1ccccc1)C(C)CCc1c(C2(Cl)CCCC2)cccc1C1(Cl)CCCC1. The maximum atomic E-state index is 7.32. The largest absolute Gasteiger partial charge is 0.301 e. The van der Waals surface area contributed by atoms with Crippen LogP contribution >= 0.6 is 23.2 Å². The van der Waals surface area contributed by atoms with Crippen LogP contribution in [0, 0.1) is 11.3 Å². The maximum absolute atomic E-state index is 7.32. The van der Waals surface area contributed by atoms with Gasteiger partial charge in [0.1, 0.15) is 0 Å². The molecule has 0 spiro atoms.